The number of aromatic nitrogens is 2. The third-order valence-electron chi connectivity index (χ3n) is 4.66. The monoisotopic (exact) mass is 407 g/mol. The lowest BCUT2D eigenvalue weighted by Crippen LogP contribution is -2.28. The first-order valence-electron chi connectivity index (χ1n) is 9.58. The highest BCUT2D eigenvalue weighted by molar-refractivity contribution is 8.00. The Balaban J connectivity index is 1.84. The van der Waals surface area contributed by atoms with Gasteiger partial charge in [0.2, 0.25) is 5.91 Å². The van der Waals surface area contributed by atoms with Crippen molar-refractivity contribution in [1.29, 1.82) is 0 Å². The minimum atomic E-state index is -0.413. The summed E-state index contributed by atoms with van der Waals surface area (Å²) in [6.45, 7) is 7.86. The molecule has 2 aromatic carbocycles. The number of hydrogen-bond donors (Lipinski definition) is 1. The fourth-order valence-electron chi connectivity index (χ4n) is 3.00. The van der Waals surface area contributed by atoms with E-state index < -0.39 is 5.25 Å². The molecule has 0 saturated carbocycles. The molecule has 1 atom stereocenters. The summed E-state index contributed by atoms with van der Waals surface area (Å²) >= 11 is 1.21. The molecule has 0 aliphatic heterocycles. The maximum absolute atomic E-state index is 13.0. The first kappa shape index (κ1) is 20.9. The van der Waals surface area contributed by atoms with E-state index >= 15 is 0 Å². The van der Waals surface area contributed by atoms with Gasteiger partial charge in [0.15, 0.2) is 5.03 Å². The molecule has 0 bridgehead atoms. The number of nitrogens with one attached hydrogen (secondary N) is 1. The molecule has 0 aliphatic rings. The van der Waals surface area contributed by atoms with Gasteiger partial charge >= 0.3 is 0 Å². The molecular formula is C23H25N3O2S. The molecular weight excluding hydrogens is 382 g/mol. The molecule has 5 nitrogen and oxygen atoms in total. The molecule has 0 fully saturated rings. The number of benzene rings is 2. The van der Waals surface area contributed by atoms with Crippen LogP contribution in [0.4, 0.5) is 5.69 Å². The Morgan fingerprint density at radius 1 is 1.14 bits per heavy atom. The van der Waals surface area contributed by atoms with Gasteiger partial charge in [0.25, 0.3) is 5.56 Å². The number of carbonyl (C=O) groups is 1. The van der Waals surface area contributed by atoms with Gasteiger partial charge in [-0.05, 0) is 62.1 Å². The van der Waals surface area contributed by atoms with Gasteiger partial charge in [0.05, 0.1) is 5.25 Å². The van der Waals surface area contributed by atoms with E-state index in [1.54, 1.807) is 17.0 Å². The number of nitrogens with zero attached hydrogens (tertiary/aromatic N) is 2. The van der Waals surface area contributed by atoms with Crippen molar-refractivity contribution in [2.24, 2.45) is 0 Å². The zero-order valence-electron chi connectivity index (χ0n) is 17.1. The van der Waals surface area contributed by atoms with Crippen molar-refractivity contribution in [2.75, 3.05) is 5.32 Å². The van der Waals surface area contributed by atoms with Crippen molar-refractivity contribution in [3.8, 4) is 5.69 Å². The van der Waals surface area contributed by atoms with E-state index in [4.69, 9.17) is 0 Å². The van der Waals surface area contributed by atoms with Gasteiger partial charge in [-0.2, -0.15) is 0 Å². The molecule has 1 N–H and O–H groups in total. The van der Waals surface area contributed by atoms with Gasteiger partial charge in [0, 0.05) is 23.8 Å². The summed E-state index contributed by atoms with van der Waals surface area (Å²) in [7, 11) is 0. The van der Waals surface area contributed by atoms with Crippen LogP contribution in [0.25, 0.3) is 5.69 Å². The van der Waals surface area contributed by atoms with Gasteiger partial charge < -0.3 is 5.32 Å². The van der Waals surface area contributed by atoms with Gasteiger partial charge in [-0.25, -0.2) is 4.98 Å². The van der Waals surface area contributed by atoms with E-state index in [1.165, 1.54) is 11.8 Å². The lowest BCUT2D eigenvalue weighted by Gasteiger charge is -2.16. The highest BCUT2D eigenvalue weighted by Crippen LogP contribution is 2.24. The van der Waals surface area contributed by atoms with Crippen molar-refractivity contribution < 1.29 is 4.79 Å². The van der Waals surface area contributed by atoms with Gasteiger partial charge in [-0.15, -0.1) is 0 Å². The highest BCUT2D eigenvalue weighted by Gasteiger charge is 2.21. The van der Waals surface area contributed by atoms with Gasteiger partial charge in [-0.3, -0.25) is 14.2 Å². The summed E-state index contributed by atoms with van der Waals surface area (Å²) < 4.78 is 1.57. The van der Waals surface area contributed by atoms with Crippen molar-refractivity contribution >= 4 is 23.4 Å². The second-order valence-corrected chi connectivity index (χ2v) is 8.26. The summed E-state index contributed by atoms with van der Waals surface area (Å²) in [5.41, 5.74) is 4.51. The van der Waals surface area contributed by atoms with Gasteiger partial charge in [-0.1, -0.05) is 43.0 Å². The maximum atomic E-state index is 13.0. The zero-order valence-corrected chi connectivity index (χ0v) is 17.9. The topological polar surface area (TPSA) is 64.0 Å². The second-order valence-electron chi connectivity index (χ2n) is 7.07. The minimum Gasteiger partial charge on any atom is -0.325 e. The predicted molar refractivity (Wildman–Crippen MR) is 119 cm³/mol. The second kappa shape index (κ2) is 9.09. The number of hydrogen-bond acceptors (Lipinski definition) is 4. The average Bonchev–Trinajstić information content (AvgIpc) is 2.70. The Morgan fingerprint density at radius 2 is 1.90 bits per heavy atom. The first-order valence-corrected chi connectivity index (χ1v) is 10.5. The van der Waals surface area contributed by atoms with Crippen molar-refractivity contribution in [3.05, 3.63) is 81.9 Å². The largest absolute Gasteiger partial charge is 0.325 e. The molecule has 3 aromatic rings. The van der Waals surface area contributed by atoms with E-state index in [0.717, 1.165) is 28.1 Å². The van der Waals surface area contributed by atoms with Crippen LogP contribution in [0, 0.1) is 20.8 Å². The molecule has 3 rings (SSSR count). The van der Waals surface area contributed by atoms with Crippen molar-refractivity contribution in [3.63, 3.8) is 0 Å². The fourth-order valence-corrected chi connectivity index (χ4v) is 3.92. The zero-order chi connectivity index (χ0) is 21.0. The summed E-state index contributed by atoms with van der Waals surface area (Å²) in [5, 5.41) is 2.90. The number of thioether (sulfide) groups is 1. The van der Waals surface area contributed by atoms with Crippen LogP contribution in [0.2, 0.25) is 0 Å². The number of anilines is 1. The number of rotatable bonds is 6. The fraction of sp³-hybridized carbons (Fsp3) is 0.261. The van der Waals surface area contributed by atoms with Crippen LogP contribution in [0.15, 0.2) is 64.7 Å². The normalized spacial score (nSPS) is 11.9. The predicted octanol–water partition coefficient (Wildman–Crippen LogP) is 4.67. The average molecular weight is 408 g/mol. The van der Waals surface area contributed by atoms with Gasteiger partial charge in [0.1, 0.15) is 0 Å². The molecule has 0 unspecified atom stereocenters. The van der Waals surface area contributed by atoms with E-state index in [0.29, 0.717) is 11.4 Å². The van der Waals surface area contributed by atoms with E-state index in [9.17, 15) is 9.59 Å². The quantitative estimate of drug-likeness (QED) is 0.603. The molecule has 1 heterocycles. The van der Waals surface area contributed by atoms with Crippen LogP contribution >= 0.6 is 11.8 Å². The Morgan fingerprint density at radius 3 is 2.62 bits per heavy atom. The number of aryl methyl sites for hydroxylation is 3. The third kappa shape index (κ3) is 4.95. The molecule has 150 valence electrons. The van der Waals surface area contributed by atoms with Crippen LogP contribution in [0.3, 0.4) is 0 Å². The van der Waals surface area contributed by atoms with E-state index in [2.05, 4.69) is 10.3 Å². The molecule has 1 aromatic heterocycles. The summed E-state index contributed by atoms with van der Waals surface area (Å²) in [4.78, 5) is 30.1. The number of carbonyl (C=O) groups excluding carboxylic acids is 1. The van der Waals surface area contributed by atoms with E-state index in [-0.39, 0.29) is 11.5 Å². The SMILES string of the molecule is CC[C@@H](Sc1nccn(-c2cccc(C)c2)c1=O)C(=O)Nc1cc(C)ccc1C. The summed E-state index contributed by atoms with van der Waals surface area (Å²) in [6.07, 6.45) is 3.83. The molecule has 0 aliphatic carbocycles. The Bertz CT molecular complexity index is 1090. The summed E-state index contributed by atoms with van der Waals surface area (Å²) in [6, 6.07) is 13.7. The molecule has 0 saturated heterocycles. The maximum Gasteiger partial charge on any atom is 0.287 e. The lowest BCUT2D eigenvalue weighted by molar-refractivity contribution is -0.115. The molecule has 1 amide bonds. The molecule has 29 heavy (non-hydrogen) atoms. The molecule has 6 heteroatoms. The smallest absolute Gasteiger partial charge is 0.287 e. The standard InChI is InChI=1S/C23H25N3O2S/c1-5-20(21(27)25-19-14-16(3)9-10-17(19)4)29-22-23(28)26(12-11-24-22)18-8-6-7-15(2)13-18/h6-14,20H,5H2,1-4H3,(H,25,27)/t20-/m1/s1. The Kier molecular flexibility index (Phi) is 6.54. The van der Waals surface area contributed by atoms with Crippen LogP contribution < -0.4 is 10.9 Å². The molecule has 0 radical (unpaired) electrons. The number of amides is 1. The van der Waals surface area contributed by atoms with Crippen LogP contribution in [0.5, 0.6) is 0 Å². The van der Waals surface area contributed by atoms with Crippen LogP contribution in [0.1, 0.15) is 30.0 Å². The Labute approximate surface area is 175 Å². The van der Waals surface area contributed by atoms with Crippen molar-refractivity contribution in [1.82, 2.24) is 9.55 Å². The highest BCUT2D eigenvalue weighted by atomic mass is 32.2. The lowest BCUT2D eigenvalue weighted by atomic mass is 10.1. The van der Waals surface area contributed by atoms with E-state index in [1.807, 2.05) is 70.2 Å². The first-order chi connectivity index (χ1) is 13.9. The Hall–Kier alpha value is -2.86. The van der Waals surface area contributed by atoms with Crippen molar-refractivity contribution in [2.45, 2.75) is 44.4 Å². The van der Waals surface area contributed by atoms with Crippen LogP contribution in [-0.4, -0.2) is 20.7 Å². The van der Waals surface area contributed by atoms with Crippen LogP contribution in [-0.2, 0) is 4.79 Å². The minimum absolute atomic E-state index is 0.127. The summed E-state index contributed by atoms with van der Waals surface area (Å²) in [5.74, 6) is -0.127. The third-order valence-corrected chi connectivity index (χ3v) is 5.99. The molecule has 0 spiro atoms.